The van der Waals surface area contributed by atoms with E-state index < -0.39 is 0 Å². The van der Waals surface area contributed by atoms with Gasteiger partial charge < -0.3 is 10.2 Å². The fourth-order valence-corrected chi connectivity index (χ4v) is 3.43. The van der Waals surface area contributed by atoms with Gasteiger partial charge in [-0.25, -0.2) is 0 Å². The Balaban J connectivity index is 1.63. The van der Waals surface area contributed by atoms with Crippen LogP contribution in [-0.2, 0) is 9.59 Å². The van der Waals surface area contributed by atoms with Gasteiger partial charge in [0.25, 0.3) is 0 Å². The Bertz CT molecular complexity index is 789. The highest BCUT2D eigenvalue weighted by atomic mass is 16.2. The molecule has 1 heterocycles. The van der Waals surface area contributed by atoms with Gasteiger partial charge >= 0.3 is 0 Å². The summed E-state index contributed by atoms with van der Waals surface area (Å²) < 4.78 is 0. The predicted molar refractivity (Wildman–Crippen MR) is 105 cm³/mol. The van der Waals surface area contributed by atoms with Crippen LogP contribution in [0.2, 0.25) is 0 Å². The topological polar surface area (TPSA) is 52.7 Å². The number of hydrogen-bond donors (Lipinski definition) is 1. The number of nitrogens with zero attached hydrogens (tertiary/aromatic N) is 2. The van der Waals surface area contributed by atoms with Crippen LogP contribution in [0.5, 0.6) is 0 Å². The number of fused-ring (bicyclic) bond motifs is 1. The summed E-state index contributed by atoms with van der Waals surface area (Å²) in [7, 11) is 0. The third kappa shape index (κ3) is 3.88. The van der Waals surface area contributed by atoms with E-state index in [0.29, 0.717) is 13.1 Å². The van der Waals surface area contributed by atoms with Gasteiger partial charge in [0.05, 0.1) is 6.04 Å². The maximum absolute atomic E-state index is 12.7. The molecule has 0 spiro atoms. The van der Waals surface area contributed by atoms with Crippen molar-refractivity contribution >= 4 is 28.3 Å². The highest BCUT2D eigenvalue weighted by Gasteiger charge is 2.28. The summed E-state index contributed by atoms with van der Waals surface area (Å²) in [6, 6.07) is 13.7. The van der Waals surface area contributed by atoms with Gasteiger partial charge in [0.2, 0.25) is 11.8 Å². The van der Waals surface area contributed by atoms with E-state index in [0.717, 1.165) is 29.5 Å². The van der Waals surface area contributed by atoms with Crippen LogP contribution in [0.1, 0.15) is 20.8 Å². The first-order chi connectivity index (χ1) is 12.5. The highest BCUT2D eigenvalue weighted by Crippen LogP contribution is 2.23. The largest absolute Gasteiger partial charge is 0.340 e. The minimum absolute atomic E-state index is 0.00927. The first kappa shape index (κ1) is 18.4. The van der Waals surface area contributed by atoms with Crippen molar-refractivity contribution in [2.45, 2.75) is 26.8 Å². The van der Waals surface area contributed by atoms with Gasteiger partial charge in [-0.15, -0.1) is 0 Å². The van der Waals surface area contributed by atoms with E-state index in [4.69, 9.17) is 0 Å². The van der Waals surface area contributed by atoms with Gasteiger partial charge in [-0.05, 0) is 18.4 Å². The van der Waals surface area contributed by atoms with E-state index in [9.17, 15) is 9.59 Å². The standard InChI is InChI=1S/C21H27N3O2/c1-15(2)21(26)24-13-11-23(12-14-24)16(3)20(25)22-19-10-6-8-17-7-4-5-9-18(17)19/h4-10,15-16H,11-14H2,1-3H3,(H,22,25). The number of nitrogens with one attached hydrogen (secondary N) is 1. The van der Waals surface area contributed by atoms with Gasteiger partial charge in [0, 0.05) is 43.2 Å². The minimum atomic E-state index is -0.231. The van der Waals surface area contributed by atoms with Gasteiger partial charge in [-0.2, -0.15) is 0 Å². The third-order valence-corrected chi connectivity index (χ3v) is 5.09. The molecule has 0 saturated carbocycles. The summed E-state index contributed by atoms with van der Waals surface area (Å²) in [4.78, 5) is 28.9. The van der Waals surface area contributed by atoms with Gasteiger partial charge in [-0.1, -0.05) is 50.2 Å². The number of hydrogen-bond acceptors (Lipinski definition) is 3. The molecule has 1 N–H and O–H groups in total. The zero-order valence-electron chi connectivity index (χ0n) is 15.7. The summed E-state index contributed by atoms with van der Waals surface area (Å²) in [6.07, 6.45) is 0. The Morgan fingerprint density at radius 1 is 0.923 bits per heavy atom. The Labute approximate surface area is 155 Å². The van der Waals surface area contributed by atoms with Crippen molar-refractivity contribution in [3.8, 4) is 0 Å². The molecule has 2 aromatic carbocycles. The SMILES string of the molecule is CC(C)C(=O)N1CCN(C(C)C(=O)Nc2cccc3ccccc23)CC1. The van der Waals surface area contributed by atoms with Crippen LogP contribution in [0.15, 0.2) is 42.5 Å². The van der Waals surface area contributed by atoms with Crippen molar-refractivity contribution in [1.29, 1.82) is 0 Å². The first-order valence-electron chi connectivity index (χ1n) is 9.29. The van der Waals surface area contributed by atoms with Crippen molar-refractivity contribution in [3.63, 3.8) is 0 Å². The van der Waals surface area contributed by atoms with E-state index in [1.54, 1.807) is 0 Å². The fraction of sp³-hybridized carbons (Fsp3) is 0.429. The van der Waals surface area contributed by atoms with Gasteiger partial charge in [0.1, 0.15) is 0 Å². The number of piperazine rings is 1. The van der Waals surface area contributed by atoms with Gasteiger partial charge in [-0.3, -0.25) is 14.5 Å². The summed E-state index contributed by atoms with van der Waals surface area (Å²) in [5.41, 5.74) is 0.841. The Morgan fingerprint density at radius 2 is 1.58 bits per heavy atom. The number of rotatable bonds is 4. The maximum atomic E-state index is 12.7. The van der Waals surface area contributed by atoms with Crippen LogP contribution < -0.4 is 5.32 Å². The zero-order valence-corrected chi connectivity index (χ0v) is 15.7. The third-order valence-electron chi connectivity index (χ3n) is 5.09. The summed E-state index contributed by atoms with van der Waals surface area (Å²) in [5.74, 6) is 0.205. The van der Waals surface area contributed by atoms with Crippen LogP contribution in [0.3, 0.4) is 0 Å². The van der Waals surface area contributed by atoms with Crippen molar-refractivity contribution in [1.82, 2.24) is 9.80 Å². The molecule has 1 unspecified atom stereocenters. The normalized spacial score (nSPS) is 16.7. The molecule has 3 rings (SSSR count). The van der Waals surface area contributed by atoms with Crippen molar-refractivity contribution in [3.05, 3.63) is 42.5 Å². The van der Waals surface area contributed by atoms with Crippen LogP contribution in [0.4, 0.5) is 5.69 Å². The molecule has 0 bridgehead atoms. The molecule has 5 heteroatoms. The first-order valence-corrected chi connectivity index (χ1v) is 9.29. The van der Waals surface area contributed by atoms with Crippen LogP contribution in [0, 0.1) is 5.92 Å². The van der Waals surface area contributed by atoms with Crippen molar-refractivity contribution in [2.24, 2.45) is 5.92 Å². The second kappa shape index (κ2) is 7.87. The average molecular weight is 353 g/mol. The molecule has 0 aromatic heterocycles. The number of benzene rings is 2. The van der Waals surface area contributed by atoms with E-state index in [1.807, 2.05) is 68.1 Å². The minimum Gasteiger partial charge on any atom is -0.340 e. The number of carbonyl (C=O) groups excluding carboxylic acids is 2. The van der Waals surface area contributed by atoms with E-state index in [2.05, 4.69) is 10.2 Å². The van der Waals surface area contributed by atoms with E-state index >= 15 is 0 Å². The molecule has 0 radical (unpaired) electrons. The van der Waals surface area contributed by atoms with Crippen molar-refractivity contribution < 1.29 is 9.59 Å². The molecular weight excluding hydrogens is 326 g/mol. The molecule has 1 fully saturated rings. The Morgan fingerprint density at radius 3 is 2.27 bits per heavy atom. The van der Waals surface area contributed by atoms with Crippen molar-refractivity contribution in [2.75, 3.05) is 31.5 Å². The molecule has 1 aliphatic rings. The molecular formula is C21H27N3O2. The number of anilines is 1. The molecule has 26 heavy (non-hydrogen) atoms. The van der Waals surface area contributed by atoms with Crippen LogP contribution in [-0.4, -0.2) is 53.8 Å². The lowest BCUT2D eigenvalue weighted by Crippen LogP contribution is -2.54. The molecule has 2 amide bonds. The predicted octanol–water partition coefficient (Wildman–Crippen LogP) is 2.97. The zero-order chi connectivity index (χ0) is 18.7. The second-order valence-corrected chi connectivity index (χ2v) is 7.21. The highest BCUT2D eigenvalue weighted by molar-refractivity contribution is 6.03. The molecule has 1 atom stereocenters. The van der Waals surface area contributed by atoms with Crippen LogP contribution in [0.25, 0.3) is 10.8 Å². The summed E-state index contributed by atoms with van der Waals surface area (Å²) in [6.45, 7) is 8.60. The lowest BCUT2D eigenvalue weighted by Gasteiger charge is -2.38. The summed E-state index contributed by atoms with van der Waals surface area (Å²) >= 11 is 0. The monoisotopic (exact) mass is 353 g/mol. The molecule has 138 valence electrons. The quantitative estimate of drug-likeness (QED) is 0.919. The van der Waals surface area contributed by atoms with E-state index in [-0.39, 0.29) is 23.8 Å². The number of amides is 2. The average Bonchev–Trinajstić information content (AvgIpc) is 2.67. The maximum Gasteiger partial charge on any atom is 0.241 e. The fourth-order valence-electron chi connectivity index (χ4n) is 3.43. The molecule has 0 aliphatic carbocycles. The van der Waals surface area contributed by atoms with Crippen LogP contribution >= 0.6 is 0 Å². The molecule has 5 nitrogen and oxygen atoms in total. The lowest BCUT2D eigenvalue weighted by atomic mass is 10.1. The Kier molecular flexibility index (Phi) is 5.57. The smallest absolute Gasteiger partial charge is 0.241 e. The molecule has 2 aromatic rings. The summed E-state index contributed by atoms with van der Waals surface area (Å²) in [5, 5.41) is 5.23. The second-order valence-electron chi connectivity index (χ2n) is 7.21. The number of carbonyl (C=O) groups is 2. The Hall–Kier alpha value is -2.40. The molecule has 1 aliphatic heterocycles. The molecule has 1 saturated heterocycles. The van der Waals surface area contributed by atoms with Gasteiger partial charge in [0.15, 0.2) is 0 Å². The van der Waals surface area contributed by atoms with E-state index in [1.165, 1.54) is 0 Å². The lowest BCUT2D eigenvalue weighted by molar-refractivity contribution is -0.136.